The van der Waals surface area contributed by atoms with Gasteiger partial charge in [-0.25, -0.2) is 9.37 Å². The number of guanidine groups is 1. The van der Waals surface area contributed by atoms with E-state index in [-0.39, 0.29) is 29.8 Å². The predicted molar refractivity (Wildman–Crippen MR) is 135 cm³/mol. The van der Waals surface area contributed by atoms with Gasteiger partial charge in [0.05, 0.1) is 17.9 Å². The number of thiazole rings is 1. The molecule has 0 spiro atoms. The summed E-state index contributed by atoms with van der Waals surface area (Å²) in [6.07, 6.45) is 0. The number of benzene rings is 1. The highest BCUT2D eigenvalue weighted by atomic mass is 127. The highest BCUT2D eigenvalue weighted by molar-refractivity contribution is 14.0. The Hall–Kier alpha value is -1.46. The number of aromatic nitrogens is 1. The van der Waals surface area contributed by atoms with E-state index in [1.54, 1.807) is 24.5 Å². The van der Waals surface area contributed by atoms with Crippen LogP contribution in [-0.2, 0) is 13.1 Å². The Labute approximate surface area is 200 Å². The number of aryl methyl sites for hydroxylation is 2. The highest BCUT2D eigenvalue weighted by Crippen LogP contribution is 2.22. The van der Waals surface area contributed by atoms with Crippen LogP contribution in [0.5, 0.6) is 0 Å². The second-order valence-electron chi connectivity index (χ2n) is 7.24. The molecule has 2 heterocycles. The normalized spacial score (nSPS) is 15.1. The second-order valence-corrected chi connectivity index (χ2v) is 8.52. The van der Waals surface area contributed by atoms with Crippen LogP contribution in [0.3, 0.4) is 0 Å². The van der Waals surface area contributed by atoms with Crippen molar-refractivity contribution in [1.29, 1.82) is 0 Å². The largest absolute Gasteiger partial charge is 0.367 e. The lowest BCUT2D eigenvalue weighted by atomic mass is 10.1. The van der Waals surface area contributed by atoms with Crippen LogP contribution in [-0.4, -0.2) is 55.6 Å². The molecule has 2 N–H and O–H groups in total. The Balaban J connectivity index is 0.00000320. The zero-order chi connectivity index (χ0) is 20.8. The Morgan fingerprint density at radius 3 is 2.43 bits per heavy atom. The molecule has 2 aromatic rings. The standard InChI is InChI=1S/C21H31FN6S.HI/c1-5-27-8-10-28(11-9-27)19-7-6-17(12-18(19)22)13-24-21(23-4)25-14-20-26-15(2)16(3)29-20;/h6-7,12H,5,8-11,13-14H2,1-4H3,(H2,23,24,25);1H. The van der Waals surface area contributed by atoms with Crippen molar-refractivity contribution in [3.63, 3.8) is 0 Å². The lowest BCUT2D eigenvalue weighted by molar-refractivity contribution is 0.270. The molecule has 1 aromatic heterocycles. The number of halogens is 2. The Morgan fingerprint density at radius 2 is 1.87 bits per heavy atom. The van der Waals surface area contributed by atoms with Crippen molar-refractivity contribution in [2.75, 3.05) is 44.7 Å². The molecule has 0 radical (unpaired) electrons. The topological polar surface area (TPSA) is 55.8 Å². The molecule has 1 aliphatic heterocycles. The van der Waals surface area contributed by atoms with Crippen molar-refractivity contribution in [1.82, 2.24) is 20.5 Å². The summed E-state index contributed by atoms with van der Waals surface area (Å²) in [5.74, 6) is 0.515. The third-order valence-electron chi connectivity index (χ3n) is 5.34. The first-order valence-electron chi connectivity index (χ1n) is 10.1. The van der Waals surface area contributed by atoms with E-state index in [2.05, 4.69) is 44.3 Å². The summed E-state index contributed by atoms with van der Waals surface area (Å²) in [6.45, 7) is 12.2. The molecule has 0 saturated carbocycles. The van der Waals surface area contributed by atoms with Crippen LogP contribution in [0.1, 0.15) is 28.1 Å². The number of aliphatic imine (C=N–C) groups is 1. The minimum absolute atomic E-state index is 0. The third kappa shape index (κ3) is 6.52. The molecule has 6 nitrogen and oxygen atoms in total. The molecule has 166 valence electrons. The summed E-state index contributed by atoms with van der Waals surface area (Å²) in [4.78, 5) is 14.5. The van der Waals surface area contributed by atoms with Gasteiger partial charge in [0.2, 0.25) is 0 Å². The van der Waals surface area contributed by atoms with Crippen molar-refractivity contribution in [2.24, 2.45) is 4.99 Å². The van der Waals surface area contributed by atoms with Crippen molar-refractivity contribution in [2.45, 2.75) is 33.9 Å². The van der Waals surface area contributed by atoms with Gasteiger partial charge in [-0.15, -0.1) is 35.3 Å². The van der Waals surface area contributed by atoms with Crippen LogP contribution in [0.2, 0.25) is 0 Å². The average molecular weight is 546 g/mol. The number of hydrogen-bond acceptors (Lipinski definition) is 5. The number of hydrogen-bond donors (Lipinski definition) is 2. The van der Waals surface area contributed by atoms with Crippen LogP contribution in [0.25, 0.3) is 0 Å². The van der Waals surface area contributed by atoms with Crippen molar-refractivity contribution in [3.05, 3.63) is 45.2 Å². The van der Waals surface area contributed by atoms with Gasteiger partial charge in [0.15, 0.2) is 5.96 Å². The maximum Gasteiger partial charge on any atom is 0.191 e. The Morgan fingerprint density at radius 1 is 1.17 bits per heavy atom. The van der Waals surface area contributed by atoms with Gasteiger partial charge in [0.25, 0.3) is 0 Å². The summed E-state index contributed by atoms with van der Waals surface area (Å²) in [7, 11) is 1.73. The number of nitrogens with one attached hydrogen (secondary N) is 2. The summed E-state index contributed by atoms with van der Waals surface area (Å²) >= 11 is 1.69. The monoisotopic (exact) mass is 546 g/mol. The predicted octanol–water partition coefficient (Wildman–Crippen LogP) is 3.52. The maximum absolute atomic E-state index is 14.7. The number of likely N-dealkylation sites (N-methyl/N-ethyl adjacent to an activating group) is 1. The fraction of sp³-hybridized carbons (Fsp3) is 0.524. The average Bonchev–Trinajstić information content (AvgIpc) is 3.06. The number of nitrogens with zero attached hydrogens (tertiary/aromatic N) is 4. The Bertz CT molecular complexity index is 829. The minimum atomic E-state index is -0.161. The molecular weight excluding hydrogens is 514 g/mol. The first-order chi connectivity index (χ1) is 14.0. The zero-order valence-electron chi connectivity index (χ0n) is 18.2. The van der Waals surface area contributed by atoms with Gasteiger partial charge in [0, 0.05) is 44.6 Å². The van der Waals surface area contributed by atoms with Crippen molar-refractivity contribution < 1.29 is 4.39 Å². The summed E-state index contributed by atoms with van der Waals surface area (Å²) in [5, 5.41) is 7.54. The van der Waals surface area contributed by atoms with Crippen molar-refractivity contribution >= 4 is 47.0 Å². The highest BCUT2D eigenvalue weighted by Gasteiger charge is 2.18. The lowest BCUT2D eigenvalue weighted by Crippen LogP contribution is -2.46. The fourth-order valence-corrected chi connectivity index (χ4v) is 4.28. The minimum Gasteiger partial charge on any atom is -0.367 e. The summed E-state index contributed by atoms with van der Waals surface area (Å²) in [5.41, 5.74) is 2.66. The molecule has 3 rings (SSSR count). The SMILES string of the molecule is CCN1CCN(c2ccc(CNC(=NC)NCc3nc(C)c(C)s3)cc2F)CC1.I. The van der Waals surface area contributed by atoms with Crippen LogP contribution in [0.15, 0.2) is 23.2 Å². The number of rotatable bonds is 6. The van der Waals surface area contributed by atoms with E-state index < -0.39 is 0 Å². The molecule has 0 atom stereocenters. The molecule has 0 aliphatic carbocycles. The molecular formula is C21H32FIN6S. The second kappa shape index (κ2) is 11.8. The van der Waals surface area contributed by atoms with Crippen LogP contribution in [0.4, 0.5) is 10.1 Å². The third-order valence-corrected chi connectivity index (χ3v) is 6.41. The van der Waals surface area contributed by atoms with Crippen LogP contribution < -0.4 is 15.5 Å². The first kappa shape index (κ1) is 24.8. The van der Waals surface area contributed by atoms with Gasteiger partial charge >= 0.3 is 0 Å². The molecule has 1 fully saturated rings. The van der Waals surface area contributed by atoms with Gasteiger partial charge in [-0.3, -0.25) is 4.99 Å². The molecule has 9 heteroatoms. The molecule has 1 aromatic carbocycles. The van der Waals surface area contributed by atoms with Crippen LogP contribution >= 0.6 is 35.3 Å². The van der Waals surface area contributed by atoms with Gasteiger partial charge in [0.1, 0.15) is 10.8 Å². The van der Waals surface area contributed by atoms with E-state index in [1.807, 2.05) is 19.1 Å². The zero-order valence-corrected chi connectivity index (χ0v) is 21.3. The number of piperazine rings is 1. The van der Waals surface area contributed by atoms with E-state index in [0.29, 0.717) is 24.7 Å². The van der Waals surface area contributed by atoms with E-state index in [0.717, 1.165) is 49.0 Å². The van der Waals surface area contributed by atoms with E-state index in [1.165, 1.54) is 4.88 Å². The van der Waals surface area contributed by atoms with Gasteiger partial charge in [-0.05, 0) is 38.1 Å². The quantitative estimate of drug-likeness (QED) is 0.330. The summed E-state index contributed by atoms with van der Waals surface area (Å²) < 4.78 is 14.7. The van der Waals surface area contributed by atoms with Gasteiger partial charge < -0.3 is 20.4 Å². The van der Waals surface area contributed by atoms with E-state index in [4.69, 9.17) is 0 Å². The molecule has 0 bridgehead atoms. The smallest absolute Gasteiger partial charge is 0.191 e. The van der Waals surface area contributed by atoms with Gasteiger partial charge in [-0.1, -0.05) is 13.0 Å². The molecule has 30 heavy (non-hydrogen) atoms. The fourth-order valence-electron chi connectivity index (χ4n) is 3.40. The van der Waals surface area contributed by atoms with E-state index in [9.17, 15) is 4.39 Å². The molecule has 1 saturated heterocycles. The van der Waals surface area contributed by atoms with Crippen molar-refractivity contribution in [3.8, 4) is 0 Å². The van der Waals surface area contributed by atoms with E-state index >= 15 is 0 Å². The Kier molecular flexibility index (Phi) is 9.76. The van der Waals surface area contributed by atoms with Gasteiger partial charge in [-0.2, -0.15) is 0 Å². The first-order valence-corrected chi connectivity index (χ1v) is 10.9. The molecule has 1 aliphatic rings. The maximum atomic E-state index is 14.7. The number of anilines is 1. The molecule has 0 amide bonds. The summed E-state index contributed by atoms with van der Waals surface area (Å²) in [6, 6.07) is 5.50. The van der Waals surface area contributed by atoms with Crippen LogP contribution in [0, 0.1) is 19.7 Å². The lowest BCUT2D eigenvalue weighted by Gasteiger charge is -2.35. The molecule has 0 unspecified atom stereocenters.